The van der Waals surface area contributed by atoms with Crippen molar-refractivity contribution in [2.45, 2.75) is 45.6 Å². The van der Waals surface area contributed by atoms with Crippen LogP contribution in [0.5, 0.6) is 0 Å². The van der Waals surface area contributed by atoms with E-state index in [1.54, 1.807) is 0 Å². The standard InChI is InChI=1S/C24H27N3O2/c1-5-19(16-11-13-18(14-12-16)24(2,3)4)26-23(29)20-15-21(28)27-22(25-20)17-9-7-6-8-10-17/h6-15,19H,5H2,1-4H3,(H,26,29)(H,25,27,28). The number of aromatic amines is 1. The minimum absolute atomic E-state index is 0.0757. The number of hydrogen-bond donors (Lipinski definition) is 2. The Balaban J connectivity index is 1.83. The molecule has 1 atom stereocenters. The Labute approximate surface area is 171 Å². The van der Waals surface area contributed by atoms with Crippen molar-refractivity contribution in [1.29, 1.82) is 0 Å². The fraction of sp³-hybridized carbons (Fsp3) is 0.292. The first-order valence-electron chi connectivity index (χ1n) is 9.86. The summed E-state index contributed by atoms with van der Waals surface area (Å²) in [5, 5.41) is 3.01. The van der Waals surface area contributed by atoms with Crippen LogP contribution >= 0.6 is 0 Å². The lowest BCUT2D eigenvalue weighted by molar-refractivity contribution is 0.0930. The third-order valence-corrected chi connectivity index (χ3v) is 4.91. The van der Waals surface area contributed by atoms with Crippen LogP contribution in [0.3, 0.4) is 0 Å². The quantitative estimate of drug-likeness (QED) is 0.669. The lowest BCUT2D eigenvalue weighted by atomic mass is 9.86. The molecule has 29 heavy (non-hydrogen) atoms. The number of amides is 1. The number of aromatic nitrogens is 2. The molecule has 3 rings (SSSR count). The fourth-order valence-electron chi connectivity index (χ4n) is 3.18. The summed E-state index contributed by atoms with van der Waals surface area (Å²) < 4.78 is 0. The van der Waals surface area contributed by atoms with Crippen LogP contribution in [-0.4, -0.2) is 15.9 Å². The number of carbonyl (C=O) groups is 1. The van der Waals surface area contributed by atoms with E-state index in [-0.39, 0.29) is 28.6 Å². The molecule has 2 N–H and O–H groups in total. The molecule has 5 nitrogen and oxygen atoms in total. The molecule has 0 saturated heterocycles. The molecule has 150 valence electrons. The third kappa shape index (κ3) is 4.99. The molecule has 0 aliphatic carbocycles. The van der Waals surface area contributed by atoms with Gasteiger partial charge < -0.3 is 10.3 Å². The lowest BCUT2D eigenvalue weighted by Crippen LogP contribution is -2.30. The van der Waals surface area contributed by atoms with Crippen molar-refractivity contribution in [2.24, 2.45) is 0 Å². The molecule has 0 aliphatic rings. The first kappa shape index (κ1) is 20.5. The molecule has 2 aromatic carbocycles. The summed E-state index contributed by atoms with van der Waals surface area (Å²) in [4.78, 5) is 31.9. The summed E-state index contributed by atoms with van der Waals surface area (Å²) in [6.45, 7) is 8.53. The first-order valence-corrected chi connectivity index (χ1v) is 9.86. The maximum absolute atomic E-state index is 12.8. The van der Waals surface area contributed by atoms with Crippen LogP contribution < -0.4 is 10.9 Å². The van der Waals surface area contributed by atoms with Crippen LogP contribution in [-0.2, 0) is 5.41 Å². The van der Waals surface area contributed by atoms with Crippen LogP contribution in [0.4, 0.5) is 0 Å². The Morgan fingerprint density at radius 2 is 1.72 bits per heavy atom. The molecule has 0 radical (unpaired) electrons. The fourth-order valence-corrected chi connectivity index (χ4v) is 3.18. The van der Waals surface area contributed by atoms with Gasteiger partial charge in [-0.2, -0.15) is 0 Å². The van der Waals surface area contributed by atoms with Gasteiger partial charge in [-0.05, 0) is 23.0 Å². The van der Waals surface area contributed by atoms with Crippen molar-refractivity contribution < 1.29 is 4.79 Å². The number of benzene rings is 2. The number of carbonyl (C=O) groups excluding carboxylic acids is 1. The summed E-state index contributed by atoms with van der Waals surface area (Å²) in [6.07, 6.45) is 0.731. The van der Waals surface area contributed by atoms with Gasteiger partial charge in [0.05, 0.1) is 6.04 Å². The summed E-state index contributed by atoms with van der Waals surface area (Å²) in [5.41, 5.74) is 2.85. The Hall–Kier alpha value is -3.21. The molecule has 0 aliphatic heterocycles. The number of hydrogen-bond acceptors (Lipinski definition) is 3. The van der Waals surface area contributed by atoms with Crippen LogP contribution in [0, 0.1) is 0 Å². The van der Waals surface area contributed by atoms with Crippen LogP contribution in [0.1, 0.15) is 61.8 Å². The Kier molecular flexibility index (Phi) is 5.97. The summed E-state index contributed by atoms with van der Waals surface area (Å²) in [6, 6.07) is 18.7. The van der Waals surface area contributed by atoms with E-state index in [9.17, 15) is 9.59 Å². The van der Waals surface area contributed by atoms with Crippen molar-refractivity contribution in [1.82, 2.24) is 15.3 Å². The summed E-state index contributed by atoms with van der Waals surface area (Å²) >= 11 is 0. The maximum atomic E-state index is 12.8. The third-order valence-electron chi connectivity index (χ3n) is 4.91. The predicted molar refractivity (Wildman–Crippen MR) is 116 cm³/mol. The zero-order valence-electron chi connectivity index (χ0n) is 17.3. The molecule has 0 fully saturated rings. The molecule has 0 bridgehead atoms. The van der Waals surface area contributed by atoms with E-state index in [2.05, 4.69) is 60.3 Å². The van der Waals surface area contributed by atoms with Gasteiger partial charge in [0.15, 0.2) is 0 Å². The van der Waals surface area contributed by atoms with Crippen LogP contribution in [0.15, 0.2) is 65.5 Å². The SMILES string of the molecule is CCC(NC(=O)c1cc(=O)[nH]c(-c2ccccc2)n1)c1ccc(C(C)(C)C)cc1. The summed E-state index contributed by atoms with van der Waals surface area (Å²) in [5.74, 6) is 0.0193. The smallest absolute Gasteiger partial charge is 0.270 e. The zero-order chi connectivity index (χ0) is 21.0. The minimum atomic E-state index is -0.361. The molecule has 1 unspecified atom stereocenters. The van der Waals surface area contributed by atoms with Gasteiger partial charge in [0, 0.05) is 11.6 Å². The molecular formula is C24H27N3O2. The van der Waals surface area contributed by atoms with Crippen LogP contribution in [0.2, 0.25) is 0 Å². The first-order chi connectivity index (χ1) is 13.8. The van der Waals surface area contributed by atoms with Gasteiger partial charge >= 0.3 is 0 Å². The molecule has 0 spiro atoms. The van der Waals surface area contributed by atoms with E-state index >= 15 is 0 Å². The highest BCUT2D eigenvalue weighted by molar-refractivity contribution is 5.92. The molecule has 1 amide bonds. The second kappa shape index (κ2) is 8.43. The lowest BCUT2D eigenvalue weighted by Gasteiger charge is -2.22. The number of nitrogens with zero attached hydrogens (tertiary/aromatic N) is 1. The number of nitrogens with one attached hydrogen (secondary N) is 2. The van der Waals surface area contributed by atoms with Gasteiger partial charge in [0.25, 0.3) is 11.5 Å². The van der Waals surface area contributed by atoms with Gasteiger partial charge in [-0.1, -0.05) is 82.3 Å². The van der Waals surface area contributed by atoms with E-state index in [0.717, 1.165) is 17.5 Å². The molecule has 1 aromatic heterocycles. The Bertz CT molecular complexity index is 1030. The molecule has 5 heteroatoms. The number of H-pyrrole nitrogens is 1. The predicted octanol–water partition coefficient (Wildman–Crippen LogP) is 4.62. The van der Waals surface area contributed by atoms with E-state index < -0.39 is 0 Å². The highest BCUT2D eigenvalue weighted by Crippen LogP contribution is 2.25. The zero-order valence-corrected chi connectivity index (χ0v) is 17.3. The molecule has 0 saturated carbocycles. The van der Waals surface area contributed by atoms with Crippen molar-refractivity contribution in [2.75, 3.05) is 0 Å². The van der Waals surface area contributed by atoms with Crippen molar-refractivity contribution in [3.05, 3.63) is 87.8 Å². The average Bonchev–Trinajstić information content (AvgIpc) is 2.71. The maximum Gasteiger partial charge on any atom is 0.270 e. The van der Waals surface area contributed by atoms with E-state index in [0.29, 0.717) is 5.82 Å². The van der Waals surface area contributed by atoms with Crippen LogP contribution in [0.25, 0.3) is 11.4 Å². The Morgan fingerprint density at radius 3 is 2.31 bits per heavy atom. The molecular weight excluding hydrogens is 362 g/mol. The van der Waals surface area contributed by atoms with Gasteiger partial charge in [-0.3, -0.25) is 9.59 Å². The molecule has 1 heterocycles. The molecule has 3 aromatic rings. The topological polar surface area (TPSA) is 74.8 Å². The second-order valence-electron chi connectivity index (χ2n) is 8.15. The van der Waals surface area contributed by atoms with Crippen molar-refractivity contribution >= 4 is 5.91 Å². The highest BCUT2D eigenvalue weighted by atomic mass is 16.2. The highest BCUT2D eigenvalue weighted by Gasteiger charge is 2.18. The second-order valence-corrected chi connectivity index (χ2v) is 8.15. The average molecular weight is 389 g/mol. The monoisotopic (exact) mass is 389 g/mol. The minimum Gasteiger partial charge on any atom is -0.344 e. The van der Waals surface area contributed by atoms with Gasteiger partial charge in [0.2, 0.25) is 0 Å². The van der Waals surface area contributed by atoms with Gasteiger partial charge in [0.1, 0.15) is 11.5 Å². The van der Waals surface area contributed by atoms with Gasteiger partial charge in [-0.15, -0.1) is 0 Å². The van der Waals surface area contributed by atoms with Crippen molar-refractivity contribution in [3.63, 3.8) is 0 Å². The van der Waals surface area contributed by atoms with E-state index in [1.165, 1.54) is 11.6 Å². The van der Waals surface area contributed by atoms with Gasteiger partial charge in [-0.25, -0.2) is 4.98 Å². The largest absolute Gasteiger partial charge is 0.344 e. The summed E-state index contributed by atoms with van der Waals surface area (Å²) in [7, 11) is 0. The van der Waals surface area contributed by atoms with E-state index in [1.807, 2.05) is 37.3 Å². The normalized spacial score (nSPS) is 12.4. The van der Waals surface area contributed by atoms with E-state index in [4.69, 9.17) is 0 Å². The number of rotatable bonds is 5. The Morgan fingerprint density at radius 1 is 1.07 bits per heavy atom. The van der Waals surface area contributed by atoms with Crippen molar-refractivity contribution in [3.8, 4) is 11.4 Å².